The Kier molecular flexibility index (Phi) is 4.74. The van der Waals surface area contributed by atoms with Crippen molar-refractivity contribution in [1.29, 1.82) is 0 Å². The minimum atomic E-state index is -2.56. The summed E-state index contributed by atoms with van der Waals surface area (Å²) in [5.74, 6) is -6.37. The predicted molar refractivity (Wildman–Crippen MR) is 115 cm³/mol. The molecule has 0 spiro atoms. The smallest absolute Gasteiger partial charge is 0.255 e. The molecule has 0 bridgehead atoms. The number of amides is 1. The Labute approximate surface area is 183 Å². The molecule has 4 rings (SSSR count). The lowest BCUT2D eigenvalue weighted by Crippen LogP contribution is -2.58. The van der Waals surface area contributed by atoms with Crippen LogP contribution in [0.1, 0.15) is 24.0 Å². The van der Waals surface area contributed by atoms with Gasteiger partial charge in [0.1, 0.15) is 22.8 Å². The molecule has 3 atom stereocenters. The summed E-state index contributed by atoms with van der Waals surface area (Å²) in [6, 6.07) is 1.73. The van der Waals surface area contributed by atoms with Crippen molar-refractivity contribution in [1.82, 2.24) is 0 Å². The number of carbonyl (C=O) groups is 3. The Bertz CT molecular complexity index is 1150. The van der Waals surface area contributed by atoms with E-state index in [0.717, 1.165) is 5.69 Å². The number of carbonyl (C=O) groups excluding carboxylic acids is 3. The van der Waals surface area contributed by atoms with Gasteiger partial charge in [0.15, 0.2) is 11.4 Å². The number of aliphatic hydroxyl groups excluding tert-OH is 2. The Hall–Kier alpha value is -3.53. The number of benzene rings is 1. The van der Waals surface area contributed by atoms with Crippen molar-refractivity contribution in [3.63, 3.8) is 0 Å². The third-order valence-electron chi connectivity index (χ3n) is 6.79. The molecule has 32 heavy (non-hydrogen) atoms. The van der Waals surface area contributed by atoms with Crippen LogP contribution in [0.5, 0.6) is 5.75 Å². The number of aromatic hydroxyl groups is 1. The molecular formula is C22H25N3O7. The number of nitrogens with zero attached hydrogens (tertiary/aromatic N) is 1. The first-order valence-corrected chi connectivity index (χ1v) is 10.2. The number of Topliss-reactive ketones (excluding diaryl/α,β-unsaturated/α-hetero) is 2. The maximum Gasteiger partial charge on any atom is 0.255 e. The van der Waals surface area contributed by atoms with Crippen molar-refractivity contribution in [3.8, 4) is 5.75 Å². The zero-order valence-electron chi connectivity index (χ0n) is 17.9. The lowest BCUT2D eigenvalue weighted by molar-refractivity contribution is -0.147. The van der Waals surface area contributed by atoms with E-state index in [1.54, 1.807) is 27.2 Å². The number of phenols is 1. The summed E-state index contributed by atoms with van der Waals surface area (Å²) >= 11 is 0. The number of rotatable bonds is 3. The van der Waals surface area contributed by atoms with Crippen LogP contribution in [0.25, 0.3) is 5.76 Å². The molecule has 0 aromatic heterocycles. The van der Waals surface area contributed by atoms with Crippen molar-refractivity contribution in [2.24, 2.45) is 17.6 Å². The molecule has 0 heterocycles. The number of hydrogen-bond acceptors (Lipinski definition) is 9. The van der Waals surface area contributed by atoms with Crippen molar-refractivity contribution in [3.05, 3.63) is 34.1 Å². The first-order chi connectivity index (χ1) is 14.9. The molecule has 10 nitrogen and oxygen atoms in total. The van der Waals surface area contributed by atoms with E-state index in [9.17, 15) is 34.8 Å². The van der Waals surface area contributed by atoms with Crippen LogP contribution in [0, 0.1) is 11.8 Å². The highest BCUT2D eigenvalue weighted by Crippen LogP contribution is 2.54. The fourth-order valence-corrected chi connectivity index (χ4v) is 5.26. The fourth-order valence-electron chi connectivity index (χ4n) is 5.26. The van der Waals surface area contributed by atoms with Crippen LogP contribution >= 0.6 is 0 Å². The van der Waals surface area contributed by atoms with Crippen LogP contribution in [0.2, 0.25) is 0 Å². The molecule has 1 fully saturated rings. The maximum atomic E-state index is 13.5. The van der Waals surface area contributed by atoms with Crippen molar-refractivity contribution in [2.75, 3.05) is 31.4 Å². The van der Waals surface area contributed by atoms with Gasteiger partial charge in [-0.05, 0) is 30.4 Å². The van der Waals surface area contributed by atoms with E-state index < -0.39 is 52.0 Å². The SMILES string of the molecule is CNc1cc(N(C)C)c2c(c1O)C(O)=C1C(=O)[C@]3(O)C(O)=C(C(N)=O)C(=O)C[C@@H]3C[C@@H]1C2. The van der Waals surface area contributed by atoms with E-state index in [1.165, 1.54) is 0 Å². The summed E-state index contributed by atoms with van der Waals surface area (Å²) in [6.45, 7) is 0. The van der Waals surface area contributed by atoms with Gasteiger partial charge in [0, 0.05) is 44.7 Å². The first-order valence-electron chi connectivity index (χ1n) is 10.2. The van der Waals surface area contributed by atoms with E-state index in [0.29, 0.717) is 11.3 Å². The molecule has 1 saturated carbocycles. The second-order valence-electron chi connectivity index (χ2n) is 8.70. The predicted octanol–water partition coefficient (Wildman–Crippen LogP) is 0.532. The minimum absolute atomic E-state index is 0.0627. The summed E-state index contributed by atoms with van der Waals surface area (Å²) < 4.78 is 0. The zero-order valence-corrected chi connectivity index (χ0v) is 17.9. The van der Waals surface area contributed by atoms with Gasteiger partial charge in [0.05, 0.1) is 11.3 Å². The second kappa shape index (κ2) is 6.99. The Balaban J connectivity index is 1.97. The Morgan fingerprint density at radius 2 is 1.88 bits per heavy atom. The number of primary amides is 1. The van der Waals surface area contributed by atoms with Crippen LogP contribution in [-0.2, 0) is 20.8 Å². The Morgan fingerprint density at radius 3 is 2.44 bits per heavy atom. The summed E-state index contributed by atoms with van der Waals surface area (Å²) in [6.07, 6.45) is 0.0240. The maximum absolute atomic E-state index is 13.5. The lowest BCUT2D eigenvalue weighted by Gasteiger charge is -2.46. The number of nitrogens with one attached hydrogen (secondary N) is 1. The standard InChI is InChI=1S/C22H25N3O7/c1-24-11-7-12(25(2)3)10-5-8-4-9-6-13(26)16(21(23)31)20(30)22(9,32)19(29)14(8)18(28)15(10)17(11)27/h7-9,24,27-28,30,32H,4-6H2,1-3H3,(H2,23,31)/t8-,9+,22+/m1/s1. The minimum Gasteiger partial charge on any atom is -0.508 e. The van der Waals surface area contributed by atoms with Gasteiger partial charge in [-0.2, -0.15) is 0 Å². The third-order valence-corrected chi connectivity index (χ3v) is 6.79. The highest BCUT2D eigenvalue weighted by Gasteiger charge is 2.60. The summed E-state index contributed by atoms with van der Waals surface area (Å²) in [5.41, 5.74) is 3.40. The molecule has 1 aromatic carbocycles. The Morgan fingerprint density at radius 1 is 1.22 bits per heavy atom. The van der Waals surface area contributed by atoms with Gasteiger partial charge in [-0.15, -0.1) is 0 Å². The fraction of sp³-hybridized carbons (Fsp3) is 0.409. The number of phenolic OH excluding ortho intramolecular Hbond substituents is 1. The van der Waals surface area contributed by atoms with Crippen LogP contribution < -0.4 is 16.0 Å². The molecule has 1 aromatic rings. The van der Waals surface area contributed by atoms with Crippen molar-refractivity contribution < 1.29 is 34.8 Å². The van der Waals surface area contributed by atoms with Gasteiger partial charge in [-0.1, -0.05) is 0 Å². The second-order valence-corrected chi connectivity index (χ2v) is 8.70. The molecule has 0 unspecified atom stereocenters. The van der Waals surface area contributed by atoms with Gasteiger partial charge >= 0.3 is 0 Å². The topological polar surface area (TPSA) is 173 Å². The van der Waals surface area contributed by atoms with Crippen molar-refractivity contribution >= 4 is 34.6 Å². The van der Waals surface area contributed by atoms with Crippen molar-refractivity contribution in [2.45, 2.75) is 24.9 Å². The highest BCUT2D eigenvalue weighted by atomic mass is 16.3. The van der Waals surface area contributed by atoms with Crippen LogP contribution in [0.3, 0.4) is 0 Å². The van der Waals surface area contributed by atoms with Gasteiger partial charge < -0.3 is 36.4 Å². The number of nitrogens with two attached hydrogens (primary N) is 1. The van der Waals surface area contributed by atoms with Crippen LogP contribution in [0.15, 0.2) is 23.0 Å². The van der Waals surface area contributed by atoms with E-state index in [4.69, 9.17) is 5.73 Å². The summed E-state index contributed by atoms with van der Waals surface area (Å²) in [4.78, 5) is 39.4. The molecular weight excluding hydrogens is 418 g/mol. The van der Waals surface area contributed by atoms with Gasteiger partial charge in [-0.3, -0.25) is 14.4 Å². The number of hydrogen-bond donors (Lipinski definition) is 6. The molecule has 0 saturated heterocycles. The number of fused-ring (bicyclic) bond motifs is 3. The van der Waals surface area contributed by atoms with Crippen LogP contribution in [0.4, 0.5) is 11.4 Å². The van der Waals surface area contributed by atoms with E-state index >= 15 is 0 Å². The molecule has 3 aliphatic rings. The quantitative estimate of drug-likeness (QED) is 0.288. The average molecular weight is 443 g/mol. The van der Waals surface area contributed by atoms with E-state index in [1.807, 2.05) is 4.90 Å². The molecule has 0 aliphatic heterocycles. The first kappa shape index (κ1) is 21.7. The number of ketones is 2. The van der Waals surface area contributed by atoms with Gasteiger partial charge in [0.2, 0.25) is 5.78 Å². The molecule has 7 N–H and O–H groups in total. The molecule has 0 radical (unpaired) electrons. The van der Waals surface area contributed by atoms with E-state index in [2.05, 4.69) is 5.32 Å². The normalized spacial score (nSPS) is 27.0. The molecule has 170 valence electrons. The molecule has 3 aliphatic carbocycles. The largest absolute Gasteiger partial charge is 0.508 e. The molecule has 1 amide bonds. The zero-order chi connectivity index (χ0) is 23.7. The third kappa shape index (κ3) is 2.65. The highest BCUT2D eigenvalue weighted by molar-refractivity contribution is 6.22. The monoisotopic (exact) mass is 443 g/mol. The molecule has 10 heteroatoms. The van der Waals surface area contributed by atoms with Crippen LogP contribution in [-0.4, -0.2) is 64.6 Å². The average Bonchev–Trinajstić information content (AvgIpc) is 2.70. The summed E-state index contributed by atoms with van der Waals surface area (Å²) in [5, 5.41) is 46.6. The number of anilines is 2. The van der Waals surface area contributed by atoms with Gasteiger partial charge in [0.25, 0.3) is 5.91 Å². The van der Waals surface area contributed by atoms with Gasteiger partial charge in [-0.25, -0.2) is 0 Å². The summed E-state index contributed by atoms with van der Waals surface area (Å²) in [7, 11) is 5.21. The lowest BCUT2D eigenvalue weighted by atomic mass is 9.59. The number of aliphatic hydroxyl groups is 3. The van der Waals surface area contributed by atoms with E-state index in [-0.39, 0.29) is 36.1 Å².